The number of ether oxygens (including phenoxy) is 1. The van der Waals surface area contributed by atoms with E-state index >= 15 is 0 Å². The van der Waals surface area contributed by atoms with Crippen LogP contribution in [0.25, 0.3) is 0 Å². The molecule has 0 radical (unpaired) electrons. The molecule has 1 heterocycles. The highest BCUT2D eigenvalue weighted by Crippen LogP contribution is 2.28. The van der Waals surface area contributed by atoms with E-state index < -0.39 is 11.9 Å². The molecule has 2 rings (SSSR count). The SMILES string of the molecule is COc1cc(C(O)Cc2nc(C(C)(C)C)cs2)ccc1F. The third-order valence-corrected chi connectivity index (χ3v) is 4.12. The van der Waals surface area contributed by atoms with E-state index in [1.807, 2.05) is 5.38 Å². The van der Waals surface area contributed by atoms with Crippen LogP contribution >= 0.6 is 11.3 Å². The molecule has 0 aliphatic carbocycles. The second kappa shape index (κ2) is 6.12. The van der Waals surface area contributed by atoms with Crippen molar-refractivity contribution in [1.82, 2.24) is 4.98 Å². The average Bonchev–Trinajstić information content (AvgIpc) is 2.87. The van der Waals surface area contributed by atoms with Gasteiger partial charge in [-0.1, -0.05) is 26.8 Å². The summed E-state index contributed by atoms with van der Waals surface area (Å²) < 4.78 is 18.3. The lowest BCUT2D eigenvalue weighted by Crippen LogP contribution is -2.12. The maximum Gasteiger partial charge on any atom is 0.165 e. The van der Waals surface area contributed by atoms with Gasteiger partial charge in [0.25, 0.3) is 0 Å². The van der Waals surface area contributed by atoms with Gasteiger partial charge in [0.2, 0.25) is 0 Å². The number of thiazole rings is 1. The number of aromatic nitrogens is 1. The van der Waals surface area contributed by atoms with Crippen LogP contribution in [0.2, 0.25) is 0 Å². The van der Waals surface area contributed by atoms with Crippen LogP contribution in [0.1, 0.15) is 43.1 Å². The molecule has 0 aliphatic heterocycles. The van der Waals surface area contributed by atoms with Crippen LogP contribution in [0.4, 0.5) is 4.39 Å². The Kier molecular flexibility index (Phi) is 4.64. The fourth-order valence-corrected chi connectivity index (χ4v) is 2.98. The van der Waals surface area contributed by atoms with E-state index in [1.165, 1.54) is 30.6 Å². The van der Waals surface area contributed by atoms with Crippen molar-refractivity contribution in [2.75, 3.05) is 7.11 Å². The smallest absolute Gasteiger partial charge is 0.165 e. The van der Waals surface area contributed by atoms with Crippen LogP contribution < -0.4 is 4.74 Å². The van der Waals surface area contributed by atoms with Gasteiger partial charge in [0, 0.05) is 17.2 Å². The van der Waals surface area contributed by atoms with Crippen molar-refractivity contribution in [3.63, 3.8) is 0 Å². The second-order valence-corrected chi connectivity index (χ2v) is 6.93. The molecule has 0 spiro atoms. The Morgan fingerprint density at radius 2 is 2.10 bits per heavy atom. The maximum atomic E-state index is 13.4. The first-order valence-electron chi connectivity index (χ1n) is 6.77. The van der Waals surface area contributed by atoms with Gasteiger partial charge in [0.15, 0.2) is 11.6 Å². The molecule has 0 fully saturated rings. The summed E-state index contributed by atoms with van der Waals surface area (Å²) in [5.41, 5.74) is 1.64. The molecule has 21 heavy (non-hydrogen) atoms. The van der Waals surface area contributed by atoms with Crippen molar-refractivity contribution in [3.8, 4) is 5.75 Å². The molecule has 0 amide bonds. The van der Waals surface area contributed by atoms with Gasteiger partial charge < -0.3 is 9.84 Å². The predicted octanol–water partition coefficient (Wildman–Crippen LogP) is 3.86. The third kappa shape index (κ3) is 3.80. The van der Waals surface area contributed by atoms with Gasteiger partial charge in [-0.05, 0) is 17.7 Å². The number of methoxy groups -OCH3 is 1. The van der Waals surface area contributed by atoms with Gasteiger partial charge in [-0.25, -0.2) is 9.37 Å². The first kappa shape index (κ1) is 15.9. The number of aliphatic hydroxyl groups excluding tert-OH is 1. The summed E-state index contributed by atoms with van der Waals surface area (Å²) in [6.07, 6.45) is -0.311. The minimum absolute atomic E-state index is 0.00119. The monoisotopic (exact) mass is 309 g/mol. The Morgan fingerprint density at radius 1 is 1.38 bits per heavy atom. The Bertz CT molecular complexity index is 619. The zero-order valence-corrected chi connectivity index (χ0v) is 13.5. The van der Waals surface area contributed by atoms with E-state index in [0.29, 0.717) is 12.0 Å². The number of halogens is 1. The largest absolute Gasteiger partial charge is 0.494 e. The molecule has 0 aliphatic rings. The average molecular weight is 309 g/mol. The van der Waals surface area contributed by atoms with Gasteiger partial charge >= 0.3 is 0 Å². The molecule has 1 aromatic heterocycles. The standard InChI is InChI=1S/C16H20FNO2S/c1-16(2,3)14-9-21-15(18-14)8-12(19)10-5-6-11(17)13(7-10)20-4/h5-7,9,12,19H,8H2,1-4H3. The summed E-state index contributed by atoms with van der Waals surface area (Å²) in [4.78, 5) is 4.56. The van der Waals surface area contributed by atoms with Gasteiger partial charge in [0.05, 0.1) is 23.9 Å². The number of hydrogen-bond donors (Lipinski definition) is 1. The number of aliphatic hydroxyl groups is 1. The fourth-order valence-electron chi connectivity index (χ4n) is 1.92. The van der Waals surface area contributed by atoms with Crippen molar-refractivity contribution in [1.29, 1.82) is 0 Å². The van der Waals surface area contributed by atoms with Crippen molar-refractivity contribution in [2.24, 2.45) is 0 Å². The normalized spacial score (nSPS) is 13.2. The zero-order valence-electron chi connectivity index (χ0n) is 12.7. The van der Waals surface area contributed by atoms with Crippen LogP contribution in [-0.2, 0) is 11.8 Å². The molecular weight excluding hydrogens is 289 g/mol. The molecule has 1 aromatic carbocycles. The molecule has 1 atom stereocenters. The molecule has 2 aromatic rings. The van der Waals surface area contributed by atoms with Crippen molar-refractivity contribution in [2.45, 2.75) is 38.7 Å². The Labute approximate surface area is 128 Å². The summed E-state index contributed by atoms with van der Waals surface area (Å²) in [6, 6.07) is 4.40. The van der Waals surface area contributed by atoms with E-state index in [0.717, 1.165) is 10.7 Å². The predicted molar refractivity (Wildman–Crippen MR) is 82.4 cm³/mol. The quantitative estimate of drug-likeness (QED) is 0.932. The van der Waals surface area contributed by atoms with Crippen molar-refractivity contribution >= 4 is 11.3 Å². The van der Waals surface area contributed by atoms with Gasteiger partial charge in [0.1, 0.15) is 0 Å². The van der Waals surface area contributed by atoms with Gasteiger partial charge in [-0.3, -0.25) is 0 Å². The highest BCUT2D eigenvalue weighted by atomic mass is 32.1. The van der Waals surface area contributed by atoms with Gasteiger partial charge in [-0.15, -0.1) is 11.3 Å². The topological polar surface area (TPSA) is 42.4 Å². The fraction of sp³-hybridized carbons (Fsp3) is 0.438. The van der Waals surface area contributed by atoms with E-state index in [9.17, 15) is 9.50 Å². The van der Waals surface area contributed by atoms with Gasteiger partial charge in [-0.2, -0.15) is 0 Å². The summed E-state index contributed by atoms with van der Waals surface area (Å²) in [5, 5.41) is 13.2. The minimum Gasteiger partial charge on any atom is -0.494 e. The first-order valence-corrected chi connectivity index (χ1v) is 7.65. The number of hydrogen-bond acceptors (Lipinski definition) is 4. The van der Waals surface area contributed by atoms with Crippen LogP contribution in [0.5, 0.6) is 5.75 Å². The third-order valence-electron chi connectivity index (χ3n) is 3.25. The summed E-state index contributed by atoms with van der Waals surface area (Å²) in [7, 11) is 1.41. The van der Waals surface area contributed by atoms with Crippen LogP contribution in [0.3, 0.4) is 0 Å². The molecular formula is C16H20FNO2S. The van der Waals surface area contributed by atoms with Crippen LogP contribution in [0.15, 0.2) is 23.6 Å². The van der Waals surface area contributed by atoms with Crippen molar-refractivity contribution < 1.29 is 14.2 Å². The minimum atomic E-state index is -0.724. The molecule has 0 saturated carbocycles. The van der Waals surface area contributed by atoms with E-state index in [2.05, 4.69) is 25.8 Å². The molecule has 0 bridgehead atoms. The number of benzene rings is 1. The van der Waals surface area contributed by atoms with Crippen LogP contribution in [0, 0.1) is 5.82 Å². The molecule has 3 nitrogen and oxygen atoms in total. The lowest BCUT2D eigenvalue weighted by atomic mass is 9.93. The maximum absolute atomic E-state index is 13.4. The summed E-state index contributed by atoms with van der Waals surface area (Å²) in [5.74, 6) is -0.293. The number of rotatable bonds is 4. The highest BCUT2D eigenvalue weighted by molar-refractivity contribution is 7.09. The molecule has 1 unspecified atom stereocenters. The molecule has 1 N–H and O–H groups in total. The Hall–Kier alpha value is -1.46. The highest BCUT2D eigenvalue weighted by Gasteiger charge is 2.19. The Morgan fingerprint density at radius 3 is 2.67 bits per heavy atom. The zero-order chi connectivity index (χ0) is 15.6. The molecule has 114 valence electrons. The molecule has 5 heteroatoms. The van der Waals surface area contributed by atoms with Crippen LogP contribution in [-0.4, -0.2) is 17.2 Å². The second-order valence-electron chi connectivity index (χ2n) is 5.99. The first-order chi connectivity index (χ1) is 9.81. The van der Waals surface area contributed by atoms with E-state index in [4.69, 9.17) is 4.74 Å². The van der Waals surface area contributed by atoms with Crippen molar-refractivity contribution in [3.05, 3.63) is 45.7 Å². The summed E-state index contributed by atoms with van der Waals surface area (Å²) >= 11 is 1.54. The Balaban J connectivity index is 2.14. The lowest BCUT2D eigenvalue weighted by Gasteiger charge is -2.14. The summed E-state index contributed by atoms with van der Waals surface area (Å²) in [6.45, 7) is 6.31. The van der Waals surface area contributed by atoms with E-state index in [-0.39, 0.29) is 11.2 Å². The number of nitrogens with zero attached hydrogens (tertiary/aromatic N) is 1. The molecule has 0 saturated heterocycles. The lowest BCUT2D eigenvalue weighted by molar-refractivity contribution is 0.177. The van der Waals surface area contributed by atoms with E-state index in [1.54, 1.807) is 6.07 Å².